The van der Waals surface area contributed by atoms with Gasteiger partial charge in [0.1, 0.15) is 18.2 Å². The average molecular weight is 1020 g/mol. The molecule has 7 nitrogen and oxygen atoms in total. The number of hydrogen-bond donors (Lipinski definition) is 0. The fourth-order valence-electron chi connectivity index (χ4n) is 21.3. The smallest absolute Gasteiger partial charge is 0.329 e. The molecule has 412 valence electrons. The average Bonchev–Trinajstić information content (AvgIpc) is 4.01. The number of rotatable bonds is 17. The highest BCUT2D eigenvalue weighted by molar-refractivity contribution is 6.22. The normalized spacial score (nSPS) is 41.5. The number of esters is 2. The van der Waals surface area contributed by atoms with E-state index in [0.717, 1.165) is 114 Å². The Bertz CT molecular complexity index is 2170. The van der Waals surface area contributed by atoms with Gasteiger partial charge in [0.25, 0.3) is 11.8 Å². The highest BCUT2D eigenvalue weighted by Gasteiger charge is 2.63. The molecule has 0 bridgehead atoms. The Morgan fingerprint density at radius 2 is 0.959 bits per heavy atom. The van der Waals surface area contributed by atoms with Gasteiger partial charge in [-0.15, -0.1) is 0 Å². The molecule has 0 radical (unpaired) electrons. The molecule has 7 heteroatoms. The van der Waals surface area contributed by atoms with Gasteiger partial charge >= 0.3 is 11.9 Å². The van der Waals surface area contributed by atoms with E-state index in [1.165, 1.54) is 116 Å². The van der Waals surface area contributed by atoms with Crippen molar-refractivity contribution in [3.63, 3.8) is 0 Å². The van der Waals surface area contributed by atoms with Gasteiger partial charge in [-0.2, -0.15) is 0 Å². The molecule has 1 heterocycles. The van der Waals surface area contributed by atoms with Gasteiger partial charge in [0, 0.05) is 6.42 Å². The number of nitrogens with zero attached hydrogens (tertiary/aromatic N) is 1. The molecule has 8 fully saturated rings. The van der Waals surface area contributed by atoms with Crippen molar-refractivity contribution in [3.8, 4) is 0 Å². The molecule has 1 aromatic carbocycles. The summed E-state index contributed by atoms with van der Waals surface area (Å²) in [5.41, 5.74) is 2.07. The number of imide groups is 1. The van der Waals surface area contributed by atoms with Crippen molar-refractivity contribution in [1.82, 2.24) is 4.90 Å². The molecule has 1 aliphatic heterocycles. The second-order valence-corrected chi connectivity index (χ2v) is 29.7. The van der Waals surface area contributed by atoms with Crippen LogP contribution in [0.2, 0.25) is 0 Å². The molecule has 0 N–H and O–H groups in total. The minimum atomic E-state index is -1.18. The SMILES string of the molecule is CC(C)CCC[C@@H](C)[C@H]1CC[C@H]2[C@@H]3CC[C@H]4C[C@@H](OC(=O)CC[C@@H](C(=O)O[C@H]5CC[C@@]6(C)[C@@H](CC[C@@H]7[C@@H]6CC[C@]6(C)[C@@H]([C@H](C)CCCC(C)C)CC[C@@H]76)C5)N5C(=O)c6ccccc6C5=O)CC[C@]4(C)[C@H]3CC[C@]12C. The molecule has 1 aromatic rings. The number of fused-ring (bicyclic) bond motifs is 11. The summed E-state index contributed by atoms with van der Waals surface area (Å²) in [5, 5.41) is 0. The second kappa shape index (κ2) is 21.5. The first kappa shape index (κ1) is 54.6. The Balaban J connectivity index is 0.751. The van der Waals surface area contributed by atoms with Gasteiger partial charge in [-0.05, 0) is 239 Å². The van der Waals surface area contributed by atoms with Crippen LogP contribution < -0.4 is 0 Å². The van der Waals surface area contributed by atoms with Gasteiger partial charge in [0.05, 0.1) is 11.1 Å². The Labute approximate surface area is 449 Å². The van der Waals surface area contributed by atoms with Crippen molar-refractivity contribution in [1.29, 1.82) is 0 Å². The summed E-state index contributed by atoms with van der Waals surface area (Å²) in [6.07, 6.45) is 29.3. The summed E-state index contributed by atoms with van der Waals surface area (Å²) in [4.78, 5) is 57.8. The van der Waals surface area contributed by atoms with Crippen LogP contribution in [0.5, 0.6) is 0 Å². The van der Waals surface area contributed by atoms with Gasteiger partial charge in [0.2, 0.25) is 0 Å². The highest BCUT2D eigenvalue weighted by Crippen LogP contribution is 2.70. The summed E-state index contributed by atoms with van der Waals surface area (Å²) in [6, 6.07) is 5.66. The lowest BCUT2D eigenvalue weighted by Gasteiger charge is -2.61. The lowest BCUT2D eigenvalue weighted by atomic mass is 9.44. The minimum Gasteiger partial charge on any atom is -0.462 e. The third-order valence-corrected chi connectivity index (χ3v) is 25.2. The molecule has 2 amide bonds. The summed E-state index contributed by atoms with van der Waals surface area (Å²) < 4.78 is 12.9. The quantitative estimate of drug-likeness (QED) is 0.114. The van der Waals surface area contributed by atoms with E-state index in [-0.39, 0.29) is 41.8 Å². The van der Waals surface area contributed by atoms with Crippen LogP contribution in [0.1, 0.15) is 257 Å². The third-order valence-electron chi connectivity index (χ3n) is 25.2. The lowest BCUT2D eigenvalue weighted by Crippen LogP contribution is -2.54. The largest absolute Gasteiger partial charge is 0.462 e. The van der Waals surface area contributed by atoms with Crippen molar-refractivity contribution >= 4 is 23.8 Å². The Morgan fingerprint density at radius 1 is 0.527 bits per heavy atom. The molecule has 8 aliphatic carbocycles. The molecule has 8 saturated carbocycles. The number of ether oxygens (including phenoxy) is 2. The van der Waals surface area contributed by atoms with E-state index in [9.17, 15) is 19.2 Å². The van der Waals surface area contributed by atoms with E-state index in [2.05, 4.69) is 69.2 Å². The van der Waals surface area contributed by atoms with Crippen molar-refractivity contribution < 1.29 is 28.7 Å². The monoisotopic (exact) mass is 1020 g/mol. The first-order chi connectivity index (χ1) is 35.3. The third kappa shape index (κ3) is 9.84. The molecule has 74 heavy (non-hydrogen) atoms. The van der Waals surface area contributed by atoms with Crippen LogP contribution in [0.15, 0.2) is 24.3 Å². The van der Waals surface area contributed by atoms with Crippen LogP contribution >= 0.6 is 0 Å². The van der Waals surface area contributed by atoms with Crippen LogP contribution in [-0.4, -0.2) is 46.9 Å². The van der Waals surface area contributed by atoms with Gasteiger partial charge in [0.15, 0.2) is 0 Å². The van der Waals surface area contributed by atoms with E-state index < -0.39 is 23.8 Å². The number of amides is 2. The lowest BCUT2D eigenvalue weighted by molar-refractivity contribution is -0.168. The molecule has 0 aromatic heterocycles. The molecule has 0 spiro atoms. The van der Waals surface area contributed by atoms with Crippen molar-refractivity contribution in [2.45, 2.75) is 254 Å². The van der Waals surface area contributed by atoms with Crippen molar-refractivity contribution in [2.24, 2.45) is 105 Å². The van der Waals surface area contributed by atoms with Crippen LogP contribution in [-0.2, 0) is 19.1 Å². The second-order valence-electron chi connectivity index (χ2n) is 29.7. The maximum Gasteiger partial charge on any atom is 0.329 e. The van der Waals surface area contributed by atoms with Gasteiger partial charge < -0.3 is 9.47 Å². The van der Waals surface area contributed by atoms with E-state index in [1.54, 1.807) is 24.3 Å². The topological polar surface area (TPSA) is 90.0 Å². The highest BCUT2D eigenvalue weighted by atomic mass is 16.5. The van der Waals surface area contributed by atoms with E-state index in [1.807, 2.05) is 0 Å². The summed E-state index contributed by atoms with van der Waals surface area (Å²) in [5.74, 6) is 8.85. The van der Waals surface area contributed by atoms with Gasteiger partial charge in [-0.25, -0.2) is 4.79 Å². The molecule has 19 atom stereocenters. The van der Waals surface area contributed by atoms with E-state index in [4.69, 9.17) is 9.47 Å². The fourth-order valence-corrected chi connectivity index (χ4v) is 21.3. The molecule has 0 unspecified atom stereocenters. The van der Waals surface area contributed by atoms with Crippen molar-refractivity contribution in [3.05, 3.63) is 35.4 Å². The predicted molar refractivity (Wildman–Crippen MR) is 296 cm³/mol. The molecular formula is C67H103NO6. The van der Waals surface area contributed by atoms with Crippen LogP contribution in [0.25, 0.3) is 0 Å². The minimum absolute atomic E-state index is 0.00730. The predicted octanol–water partition coefficient (Wildman–Crippen LogP) is 16.5. The number of carbonyl (C=O) groups is 4. The maximum absolute atomic E-state index is 14.6. The maximum atomic E-state index is 14.6. The van der Waals surface area contributed by atoms with E-state index in [0.29, 0.717) is 33.8 Å². The van der Waals surface area contributed by atoms with Crippen LogP contribution in [0.3, 0.4) is 0 Å². The Hall–Kier alpha value is -2.70. The first-order valence-corrected chi connectivity index (χ1v) is 31.6. The summed E-state index contributed by atoms with van der Waals surface area (Å²) in [7, 11) is 0. The van der Waals surface area contributed by atoms with Gasteiger partial charge in [-0.3, -0.25) is 19.3 Å². The molecule has 0 saturated heterocycles. The standard InChI is InChI=1S/C67H103NO6/c1-41(2)15-13-17-43(5)53-25-27-55-51-23-21-45-39-47(31-35-64(45,7)57(51)33-37-66(53,55)9)73-60(69)30-29-59(68-61(70)49-19-11-12-20-50(49)62(68)71)63(72)74-48-32-36-65(8)46(40-48)22-24-52-56-28-26-54(44(6)18-14-16-42(3)4)67(56,10)38-34-58(52)65/h11-12,19-20,41-48,51-59H,13-18,21-40H2,1-10H3/t43-,44-,45+,46+,47+,48+,51+,52+,53-,54-,55+,56+,57+,58+,59+,64+,65+,66-,67-/m1/s1. The summed E-state index contributed by atoms with van der Waals surface area (Å²) in [6.45, 7) is 25.1. The number of benzene rings is 1. The zero-order valence-electron chi connectivity index (χ0n) is 48.4. The fraction of sp³-hybridized carbons (Fsp3) is 0.851. The van der Waals surface area contributed by atoms with Gasteiger partial charge in [-0.1, -0.05) is 120 Å². The van der Waals surface area contributed by atoms with Crippen LogP contribution in [0, 0.1) is 105 Å². The van der Waals surface area contributed by atoms with Crippen molar-refractivity contribution in [2.75, 3.05) is 0 Å². The van der Waals surface area contributed by atoms with E-state index >= 15 is 0 Å². The first-order valence-electron chi connectivity index (χ1n) is 31.6. The molecule has 9 aliphatic rings. The Kier molecular flexibility index (Phi) is 15.9. The summed E-state index contributed by atoms with van der Waals surface area (Å²) >= 11 is 0. The zero-order valence-corrected chi connectivity index (χ0v) is 48.4. The number of hydrogen-bond acceptors (Lipinski definition) is 6. The van der Waals surface area contributed by atoms with Crippen LogP contribution in [0.4, 0.5) is 0 Å². The number of carbonyl (C=O) groups excluding carboxylic acids is 4. The molecular weight excluding hydrogens is 915 g/mol. The zero-order chi connectivity index (χ0) is 52.5. The Morgan fingerprint density at radius 3 is 1.42 bits per heavy atom. The molecule has 10 rings (SSSR count).